The number of aliphatic imine (C=N–C) groups is 1. The van der Waals surface area contributed by atoms with Crippen molar-refractivity contribution < 1.29 is 4.74 Å². The van der Waals surface area contributed by atoms with E-state index in [-0.39, 0.29) is 6.04 Å². The van der Waals surface area contributed by atoms with Crippen molar-refractivity contribution in [1.82, 2.24) is 0 Å². The number of halogens is 1. The van der Waals surface area contributed by atoms with Crippen molar-refractivity contribution in [3.8, 4) is 5.75 Å². The van der Waals surface area contributed by atoms with Gasteiger partial charge in [0, 0.05) is 23.2 Å². The van der Waals surface area contributed by atoms with Crippen LogP contribution in [0.2, 0.25) is 5.02 Å². The summed E-state index contributed by atoms with van der Waals surface area (Å²) < 4.78 is 5.40. The Morgan fingerprint density at radius 3 is 2.46 bits per heavy atom. The molecule has 1 aliphatic rings. The number of amidine groups is 1. The lowest BCUT2D eigenvalue weighted by Crippen LogP contribution is -2.46. The molecule has 3 aromatic rings. The zero-order valence-electron chi connectivity index (χ0n) is 14.5. The van der Waals surface area contributed by atoms with Crippen LogP contribution in [0.15, 0.2) is 83.9 Å². The number of hydrogen-bond donors (Lipinski definition) is 0. The van der Waals surface area contributed by atoms with E-state index in [2.05, 4.69) is 23.1 Å². The molecular formula is C22H19ClN2O. The van der Waals surface area contributed by atoms with Crippen molar-refractivity contribution in [2.75, 3.05) is 12.0 Å². The van der Waals surface area contributed by atoms with E-state index in [0.717, 1.165) is 34.4 Å². The summed E-state index contributed by atoms with van der Waals surface area (Å²) in [7, 11) is 1.69. The molecule has 0 N–H and O–H groups in total. The van der Waals surface area contributed by atoms with E-state index < -0.39 is 0 Å². The minimum atomic E-state index is 0.238. The Labute approximate surface area is 158 Å². The highest BCUT2D eigenvalue weighted by atomic mass is 35.5. The maximum Gasteiger partial charge on any atom is 0.120 e. The van der Waals surface area contributed by atoms with Crippen molar-refractivity contribution in [3.05, 3.63) is 89.4 Å². The molecule has 0 saturated carbocycles. The molecule has 1 heterocycles. The molecule has 3 aromatic carbocycles. The molecule has 1 fully saturated rings. The van der Waals surface area contributed by atoms with Crippen LogP contribution in [0.4, 0.5) is 11.4 Å². The lowest BCUT2D eigenvalue weighted by Gasteiger charge is -2.44. The van der Waals surface area contributed by atoms with E-state index in [0.29, 0.717) is 0 Å². The summed E-state index contributed by atoms with van der Waals surface area (Å²) in [6.07, 6.45) is 0.883. The number of benzene rings is 3. The fourth-order valence-electron chi connectivity index (χ4n) is 3.22. The van der Waals surface area contributed by atoms with Crippen LogP contribution in [-0.2, 0) is 0 Å². The normalized spacial score (nSPS) is 17.8. The summed E-state index contributed by atoms with van der Waals surface area (Å²) in [5, 5.41) is 0.749. The zero-order valence-corrected chi connectivity index (χ0v) is 15.2. The summed E-state index contributed by atoms with van der Waals surface area (Å²) in [6.45, 7) is 0. The van der Waals surface area contributed by atoms with Gasteiger partial charge in [-0.2, -0.15) is 0 Å². The Kier molecular flexibility index (Phi) is 4.63. The van der Waals surface area contributed by atoms with Crippen LogP contribution >= 0.6 is 11.6 Å². The van der Waals surface area contributed by atoms with Gasteiger partial charge < -0.3 is 9.64 Å². The molecule has 4 heteroatoms. The first kappa shape index (κ1) is 16.7. The van der Waals surface area contributed by atoms with E-state index in [1.807, 2.05) is 60.7 Å². The van der Waals surface area contributed by atoms with Gasteiger partial charge in [0.15, 0.2) is 0 Å². The van der Waals surface area contributed by atoms with Gasteiger partial charge in [-0.05, 0) is 42.0 Å². The van der Waals surface area contributed by atoms with Crippen LogP contribution in [0, 0.1) is 0 Å². The van der Waals surface area contributed by atoms with Gasteiger partial charge in [-0.25, -0.2) is 4.99 Å². The molecule has 0 radical (unpaired) electrons. The van der Waals surface area contributed by atoms with Crippen LogP contribution in [-0.4, -0.2) is 12.9 Å². The number of nitrogens with zero attached hydrogens (tertiary/aromatic N) is 2. The van der Waals surface area contributed by atoms with Gasteiger partial charge in [-0.3, -0.25) is 0 Å². The maximum atomic E-state index is 6.05. The quantitative estimate of drug-likeness (QED) is 0.566. The van der Waals surface area contributed by atoms with Crippen LogP contribution in [0.3, 0.4) is 0 Å². The minimum Gasteiger partial charge on any atom is -0.497 e. The molecule has 0 spiro atoms. The molecule has 1 saturated heterocycles. The highest BCUT2D eigenvalue weighted by Crippen LogP contribution is 2.41. The van der Waals surface area contributed by atoms with Crippen molar-refractivity contribution in [3.63, 3.8) is 0 Å². The van der Waals surface area contributed by atoms with Crippen LogP contribution in [0.1, 0.15) is 18.0 Å². The van der Waals surface area contributed by atoms with E-state index in [1.165, 1.54) is 5.56 Å². The van der Waals surface area contributed by atoms with Crippen LogP contribution < -0.4 is 9.64 Å². The third kappa shape index (κ3) is 3.31. The molecule has 3 nitrogen and oxygen atoms in total. The lowest BCUT2D eigenvalue weighted by atomic mass is 9.92. The molecule has 0 amide bonds. The Bertz CT molecular complexity index is 922. The second-order valence-corrected chi connectivity index (χ2v) is 6.64. The lowest BCUT2D eigenvalue weighted by molar-refractivity contribution is 0.414. The number of para-hydroxylation sites is 1. The Morgan fingerprint density at radius 1 is 0.962 bits per heavy atom. The van der Waals surface area contributed by atoms with E-state index >= 15 is 0 Å². The van der Waals surface area contributed by atoms with E-state index in [1.54, 1.807) is 7.11 Å². The summed E-state index contributed by atoms with van der Waals surface area (Å²) in [5.41, 5.74) is 3.26. The number of ether oxygens (including phenoxy) is 1. The monoisotopic (exact) mass is 362 g/mol. The first-order valence-corrected chi connectivity index (χ1v) is 8.94. The number of hydrogen-bond acceptors (Lipinski definition) is 2. The summed E-state index contributed by atoms with van der Waals surface area (Å²) >= 11 is 6.05. The van der Waals surface area contributed by atoms with Crippen molar-refractivity contribution in [1.29, 1.82) is 0 Å². The van der Waals surface area contributed by atoms with Crippen molar-refractivity contribution in [2.24, 2.45) is 4.99 Å². The van der Waals surface area contributed by atoms with Crippen LogP contribution in [0.25, 0.3) is 0 Å². The average Bonchev–Trinajstić information content (AvgIpc) is 2.67. The van der Waals surface area contributed by atoms with Gasteiger partial charge in [0.2, 0.25) is 0 Å². The molecule has 0 bridgehead atoms. The van der Waals surface area contributed by atoms with Gasteiger partial charge in [0.25, 0.3) is 0 Å². The fourth-order valence-corrected chi connectivity index (χ4v) is 3.35. The molecule has 1 unspecified atom stereocenters. The smallest absolute Gasteiger partial charge is 0.120 e. The SMILES string of the molecule is COc1cccc(N2/C(=N/c3ccccc3)CC2c2ccc(Cl)cc2)c1. The second kappa shape index (κ2) is 7.22. The van der Waals surface area contributed by atoms with Gasteiger partial charge in [0.1, 0.15) is 11.6 Å². The standard InChI is InChI=1S/C22H19ClN2O/c1-26-20-9-5-8-19(14-20)25-21(16-10-12-17(23)13-11-16)15-22(25)24-18-6-3-2-4-7-18/h2-14,21H,15H2,1H3/b24-22+. The molecule has 0 aliphatic carbocycles. The third-order valence-corrected chi connectivity index (χ3v) is 4.82. The van der Waals surface area contributed by atoms with Gasteiger partial charge in [-0.1, -0.05) is 48.0 Å². The fraction of sp³-hybridized carbons (Fsp3) is 0.136. The minimum absolute atomic E-state index is 0.238. The van der Waals surface area contributed by atoms with Gasteiger partial charge in [-0.15, -0.1) is 0 Å². The molecule has 0 aromatic heterocycles. The maximum absolute atomic E-state index is 6.05. The molecular weight excluding hydrogens is 344 g/mol. The summed E-state index contributed by atoms with van der Waals surface area (Å²) in [6, 6.07) is 26.4. The molecule has 130 valence electrons. The largest absolute Gasteiger partial charge is 0.497 e. The molecule has 4 rings (SSSR count). The van der Waals surface area contributed by atoms with Gasteiger partial charge >= 0.3 is 0 Å². The summed E-state index contributed by atoms with van der Waals surface area (Å²) in [4.78, 5) is 7.11. The topological polar surface area (TPSA) is 24.8 Å². The number of methoxy groups -OCH3 is 1. The first-order chi connectivity index (χ1) is 12.7. The van der Waals surface area contributed by atoms with Crippen LogP contribution in [0.5, 0.6) is 5.75 Å². The number of rotatable bonds is 4. The second-order valence-electron chi connectivity index (χ2n) is 6.21. The first-order valence-electron chi connectivity index (χ1n) is 8.56. The third-order valence-electron chi connectivity index (χ3n) is 4.57. The van der Waals surface area contributed by atoms with Crippen molar-refractivity contribution >= 4 is 28.8 Å². The Hall–Kier alpha value is -2.78. The van der Waals surface area contributed by atoms with Gasteiger partial charge in [0.05, 0.1) is 18.8 Å². The average molecular weight is 363 g/mol. The Morgan fingerprint density at radius 2 is 1.73 bits per heavy atom. The van der Waals surface area contributed by atoms with Crippen molar-refractivity contribution in [2.45, 2.75) is 12.5 Å². The highest BCUT2D eigenvalue weighted by Gasteiger charge is 2.36. The van der Waals surface area contributed by atoms with E-state index in [9.17, 15) is 0 Å². The van der Waals surface area contributed by atoms with E-state index in [4.69, 9.17) is 21.3 Å². The predicted octanol–water partition coefficient (Wildman–Crippen LogP) is 6.03. The zero-order chi connectivity index (χ0) is 17.9. The highest BCUT2D eigenvalue weighted by molar-refractivity contribution is 6.30. The predicted molar refractivity (Wildman–Crippen MR) is 108 cm³/mol. The Balaban J connectivity index is 1.72. The molecule has 26 heavy (non-hydrogen) atoms. The summed E-state index contributed by atoms with van der Waals surface area (Å²) in [5.74, 6) is 1.88. The molecule has 1 aliphatic heterocycles. The number of anilines is 1. The molecule has 1 atom stereocenters.